The van der Waals surface area contributed by atoms with E-state index in [0.29, 0.717) is 29.5 Å². The Morgan fingerprint density at radius 3 is 2.65 bits per heavy atom. The average Bonchev–Trinajstić information content (AvgIpc) is 2.38. The maximum atomic E-state index is 12.0. The second kappa shape index (κ2) is 5.73. The van der Waals surface area contributed by atoms with Crippen molar-refractivity contribution in [1.82, 2.24) is 15.0 Å². The number of anilines is 1. The molecule has 0 atom stereocenters. The highest BCUT2D eigenvalue weighted by molar-refractivity contribution is 5.40. The zero-order valence-electron chi connectivity index (χ0n) is 11.8. The van der Waals surface area contributed by atoms with E-state index >= 15 is 0 Å². The number of hydrogen-bond donors (Lipinski definition) is 2. The number of nitrogens with two attached hydrogens (primary N) is 1. The van der Waals surface area contributed by atoms with Crippen molar-refractivity contribution in [3.63, 3.8) is 0 Å². The molecule has 106 valence electrons. The number of aromatic nitrogens is 3. The number of pyridine rings is 1. The predicted molar refractivity (Wildman–Crippen MR) is 77.0 cm³/mol. The maximum absolute atomic E-state index is 12.0. The van der Waals surface area contributed by atoms with Gasteiger partial charge in [0.25, 0.3) is 5.56 Å². The van der Waals surface area contributed by atoms with Crippen LogP contribution in [-0.2, 0) is 6.42 Å². The van der Waals surface area contributed by atoms with Gasteiger partial charge in [-0.1, -0.05) is 19.9 Å². The normalized spacial score (nSPS) is 10.8. The molecule has 0 saturated carbocycles. The van der Waals surface area contributed by atoms with Crippen LogP contribution in [0.5, 0.6) is 5.88 Å². The summed E-state index contributed by atoms with van der Waals surface area (Å²) in [6.45, 7) is 3.82. The number of nitrogen functional groups attached to an aromatic ring is 1. The molecule has 0 amide bonds. The minimum Gasteiger partial charge on any atom is -0.481 e. The zero-order chi connectivity index (χ0) is 14.7. The van der Waals surface area contributed by atoms with Crippen molar-refractivity contribution in [1.29, 1.82) is 0 Å². The van der Waals surface area contributed by atoms with E-state index in [9.17, 15) is 4.79 Å². The van der Waals surface area contributed by atoms with Gasteiger partial charge in [0.1, 0.15) is 11.6 Å². The van der Waals surface area contributed by atoms with E-state index < -0.39 is 0 Å². The smallest absolute Gasteiger partial charge is 0.256 e. The molecule has 6 heteroatoms. The quantitative estimate of drug-likeness (QED) is 0.880. The van der Waals surface area contributed by atoms with Gasteiger partial charge in [-0.3, -0.25) is 4.79 Å². The molecular weight excluding hydrogens is 256 g/mol. The Hall–Kier alpha value is -2.37. The molecule has 3 N–H and O–H groups in total. The first-order valence-corrected chi connectivity index (χ1v) is 6.38. The van der Waals surface area contributed by atoms with Crippen molar-refractivity contribution in [2.75, 3.05) is 12.8 Å². The van der Waals surface area contributed by atoms with E-state index in [-0.39, 0.29) is 11.5 Å². The summed E-state index contributed by atoms with van der Waals surface area (Å²) in [5.74, 6) is 1.41. The molecule has 20 heavy (non-hydrogen) atoms. The van der Waals surface area contributed by atoms with Crippen LogP contribution in [0.3, 0.4) is 0 Å². The number of ether oxygens (including phenoxy) is 1. The molecule has 0 radical (unpaired) electrons. The van der Waals surface area contributed by atoms with Crippen LogP contribution < -0.4 is 16.0 Å². The SMILES string of the molecule is COc1ccc(Cc2nc(N)c(C(C)C)c(=O)[nH]2)cn1. The van der Waals surface area contributed by atoms with Crippen molar-refractivity contribution < 1.29 is 4.74 Å². The van der Waals surface area contributed by atoms with Crippen LogP contribution in [-0.4, -0.2) is 22.1 Å². The molecule has 2 rings (SSSR count). The van der Waals surface area contributed by atoms with Gasteiger partial charge >= 0.3 is 0 Å². The van der Waals surface area contributed by atoms with Crippen LogP contribution in [0.1, 0.15) is 36.7 Å². The Labute approximate surface area is 117 Å². The Morgan fingerprint density at radius 1 is 1.40 bits per heavy atom. The lowest BCUT2D eigenvalue weighted by Gasteiger charge is -2.09. The molecule has 0 unspecified atom stereocenters. The molecule has 2 heterocycles. The third-order valence-corrected chi connectivity index (χ3v) is 2.99. The summed E-state index contributed by atoms with van der Waals surface area (Å²) >= 11 is 0. The van der Waals surface area contributed by atoms with Crippen LogP contribution in [0.15, 0.2) is 23.1 Å². The van der Waals surface area contributed by atoms with Gasteiger partial charge in [-0.25, -0.2) is 9.97 Å². The molecule has 6 nitrogen and oxygen atoms in total. The first kappa shape index (κ1) is 14.0. The number of rotatable bonds is 4. The van der Waals surface area contributed by atoms with Crippen molar-refractivity contribution in [2.45, 2.75) is 26.2 Å². The van der Waals surface area contributed by atoms with Crippen LogP contribution in [0.4, 0.5) is 5.82 Å². The Morgan fingerprint density at radius 2 is 2.15 bits per heavy atom. The minimum absolute atomic E-state index is 0.0444. The summed E-state index contributed by atoms with van der Waals surface area (Å²) in [5, 5.41) is 0. The van der Waals surface area contributed by atoms with Crippen LogP contribution in [0.25, 0.3) is 0 Å². The third kappa shape index (κ3) is 2.96. The van der Waals surface area contributed by atoms with Gasteiger partial charge in [0.05, 0.1) is 12.7 Å². The highest BCUT2D eigenvalue weighted by Gasteiger charge is 2.12. The number of nitrogens with one attached hydrogen (secondary N) is 1. The Bertz CT molecular complexity index is 647. The first-order valence-electron chi connectivity index (χ1n) is 6.38. The predicted octanol–water partition coefficient (Wildman–Crippen LogP) is 1.47. The second-order valence-corrected chi connectivity index (χ2v) is 4.85. The lowest BCUT2D eigenvalue weighted by molar-refractivity contribution is 0.397. The third-order valence-electron chi connectivity index (χ3n) is 2.99. The van der Waals surface area contributed by atoms with Crippen LogP contribution in [0.2, 0.25) is 0 Å². The van der Waals surface area contributed by atoms with E-state index in [4.69, 9.17) is 10.5 Å². The van der Waals surface area contributed by atoms with Crippen LogP contribution in [0, 0.1) is 0 Å². The summed E-state index contributed by atoms with van der Waals surface area (Å²) in [6, 6.07) is 3.64. The molecule has 0 fully saturated rings. The van der Waals surface area contributed by atoms with Gasteiger partial charge in [0.2, 0.25) is 5.88 Å². The monoisotopic (exact) mass is 274 g/mol. The summed E-state index contributed by atoms with van der Waals surface area (Å²) in [6.07, 6.45) is 2.15. The van der Waals surface area contributed by atoms with Gasteiger partial charge < -0.3 is 15.5 Å². The van der Waals surface area contributed by atoms with Crippen molar-refractivity contribution in [2.24, 2.45) is 0 Å². The Kier molecular flexibility index (Phi) is 4.02. The van der Waals surface area contributed by atoms with Gasteiger partial charge in [0.15, 0.2) is 0 Å². The number of H-pyrrole nitrogens is 1. The molecule has 2 aromatic rings. The molecule has 0 aliphatic rings. The molecule has 0 spiro atoms. The number of nitrogens with zero attached hydrogens (tertiary/aromatic N) is 2. The lowest BCUT2D eigenvalue weighted by Crippen LogP contribution is -2.21. The zero-order valence-corrected chi connectivity index (χ0v) is 11.8. The van der Waals surface area contributed by atoms with Gasteiger partial charge in [-0.2, -0.15) is 0 Å². The Balaban J connectivity index is 2.27. The summed E-state index contributed by atoms with van der Waals surface area (Å²) in [4.78, 5) is 23.1. The van der Waals surface area contributed by atoms with Crippen molar-refractivity contribution in [3.05, 3.63) is 45.6 Å². The van der Waals surface area contributed by atoms with Gasteiger partial charge in [-0.05, 0) is 11.5 Å². The van der Waals surface area contributed by atoms with Crippen LogP contribution >= 0.6 is 0 Å². The van der Waals surface area contributed by atoms with E-state index in [1.807, 2.05) is 19.9 Å². The van der Waals surface area contributed by atoms with E-state index in [1.54, 1.807) is 19.4 Å². The highest BCUT2D eigenvalue weighted by atomic mass is 16.5. The van der Waals surface area contributed by atoms with E-state index in [2.05, 4.69) is 15.0 Å². The van der Waals surface area contributed by atoms with Gasteiger partial charge in [-0.15, -0.1) is 0 Å². The fraction of sp³-hybridized carbons (Fsp3) is 0.357. The highest BCUT2D eigenvalue weighted by Crippen LogP contribution is 2.16. The fourth-order valence-corrected chi connectivity index (χ4v) is 2.02. The summed E-state index contributed by atoms with van der Waals surface area (Å²) in [5.41, 5.74) is 7.13. The second-order valence-electron chi connectivity index (χ2n) is 4.85. The number of aromatic amines is 1. The first-order chi connectivity index (χ1) is 9.51. The minimum atomic E-state index is -0.177. The molecule has 0 aliphatic carbocycles. The molecule has 0 bridgehead atoms. The fourth-order valence-electron chi connectivity index (χ4n) is 2.02. The molecule has 0 aliphatic heterocycles. The molecule has 2 aromatic heterocycles. The molecule has 0 saturated heterocycles. The van der Waals surface area contributed by atoms with Gasteiger partial charge in [0, 0.05) is 18.7 Å². The number of hydrogen-bond acceptors (Lipinski definition) is 5. The standard InChI is InChI=1S/C14H18N4O2/c1-8(2)12-13(15)17-10(18-14(12)19)6-9-4-5-11(20-3)16-7-9/h4-5,7-8H,6H2,1-3H3,(H3,15,17,18,19). The number of methoxy groups -OCH3 is 1. The van der Waals surface area contributed by atoms with Crippen molar-refractivity contribution >= 4 is 5.82 Å². The van der Waals surface area contributed by atoms with Crippen molar-refractivity contribution in [3.8, 4) is 5.88 Å². The molecule has 0 aromatic carbocycles. The van der Waals surface area contributed by atoms with E-state index in [1.165, 1.54) is 0 Å². The lowest BCUT2D eigenvalue weighted by atomic mass is 10.1. The average molecular weight is 274 g/mol. The largest absolute Gasteiger partial charge is 0.481 e. The topological polar surface area (TPSA) is 93.9 Å². The summed E-state index contributed by atoms with van der Waals surface area (Å²) < 4.78 is 5.00. The van der Waals surface area contributed by atoms with E-state index in [0.717, 1.165) is 5.56 Å². The molecular formula is C14H18N4O2. The summed E-state index contributed by atoms with van der Waals surface area (Å²) in [7, 11) is 1.56. The maximum Gasteiger partial charge on any atom is 0.256 e.